The Hall–Kier alpha value is -1.03. The van der Waals surface area contributed by atoms with Crippen molar-refractivity contribution in [3.8, 4) is 0 Å². The third-order valence-corrected chi connectivity index (χ3v) is 3.02. The lowest BCUT2D eigenvalue weighted by Crippen LogP contribution is -2.25. The van der Waals surface area contributed by atoms with E-state index in [4.69, 9.17) is 5.73 Å². The van der Waals surface area contributed by atoms with Crippen LogP contribution in [0.4, 0.5) is 13.2 Å². The van der Waals surface area contributed by atoms with Crippen molar-refractivity contribution in [1.82, 2.24) is 0 Å². The summed E-state index contributed by atoms with van der Waals surface area (Å²) in [4.78, 5) is 0. The number of hydrogen-bond donors (Lipinski definition) is 1. The average molecular weight is 229 g/mol. The van der Waals surface area contributed by atoms with Crippen LogP contribution in [0.3, 0.4) is 0 Å². The fraction of sp³-hybridized carbons (Fsp3) is 0.500. The van der Waals surface area contributed by atoms with Crippen LogP contribution in [0.15, 0.2) is 12.1 Å². The van der Waals surface area contributed by atoms with Gasteiger partial charge < -0.3 is 5.73 Å². The smallest absolute Gasteiger partial charge is 0.162 e. The van der Waals surface area contributed by atoms with E-state index in [0.29, 0.717) is 0 Å². The summed E-state index contributed by atoms with van der Waals surface area (Å²) in [5.41, 5.74) is 5.77. The second kappa shape index (κ2) is 3.77. The molecule has 1 nitrogen and oxygen atoms in total. The quantitative estimate of drug-likeness (QED) is 0.847. The molecule has 0 bridgehead atoms. The first kappa shape index (κ1) is 11.5. The standard InChI is InChI=1S/C12H14F3N/c1-7(13)8-4-9(6-12(16)2-3-12)11(15)10(14)5-8/h4-5,7H,2-3,6,16H2,1H3. The topological polar surface area (TPSA) is 26.0 Å². The van der Waals surface area contributed by atoms with Crippen molar-refractivity contribution in [2.24, 2.45) is 5.73 Å². The first-order valence-electron chi connectivity index (χ1n) is 5.32. The summed E-state index contributed by atoms with van der Waals surface area (Å²) in [5, 5.41) is 0. The van der Waals surface area contributed by atoms with Crippen LogP contribution in [0.25, 0.3) is 0 Å². The molecule has 0 aliphatic heterocycles. The predicted octanol–water partition coefficient (Wildman–Crippen LogP) is 3.03. The highest BCUT2D eigenvalue weighted by Gasteiger charge is 2.39. The fourth-order valence-electron chi connectivity index (χ4n) is 1.74. The number of hydrogen-bond acceptors (Lipinski definition) is 1. The van der Waals surface area contributed by atoms with Gasteiger partial charge in [0.1, 0.15) is 6.17 Å². The van der Waals surface area contributed by atoms with Crippen molar-refractivity contribution >= 4 is 0 Å². The minimum Gasteiger partial charge on any atom is -0.325 e. The first-order chi connectivity index (χ1) is 7.41. The van der Waals surface area contributed by atoms with E-state index in [2.05, 4.69) is 0 Å². The van der Waals surface area contributed by atoms with Gasteiger partial charge in [0.2, 0.25) is 0 Å². The van der Waals surface area contributed by atoms with Gasteiger partial charge in [-0.05, 0) is 49.4 Å². The molecular weight excluding hydrogens is 215 g/mol. The Bertz CT molecular complexity index is 411. The van der Waals surface area contributed by atoms with Gasteiger partial charge in [0, 0.05) is 5.54 Å². The zero-order valence-corrected chi connectivity index (χ0v) is 9.06. The molecule has 1 fully saturated rings. The molecule has 2 rings (SSSR count). The molecule has 0 amide bonds. The molecule has 0 radical (unpaired) electrons. The summed E-state index contributed by atoms with van der Waals surface area (Å²) >= 11 is 0. The van der Waals surface area contributed by atoms with Crippen molar-refractivity contribution in [2.45, 2.75) is 37.9 Å². The van der Waals surface area contributed by atoms with E-state index in [1.807, 2.05) is 0 Å². The van der Waals surface area contributed by atoms with Gasteiger partial charge in [-0.15, -0.1) is 0 Å². The lowest BCUT2D eigenvalue weighted by Gasteiger charge is -2.12. The fourth-order valence-corrected chi connectivity index (χ4v) is 1.74. The second-order valence-corrected chi connectivity index (χ2v) is 4.63. The van der Waals surface area contributed by atoms with E-state index in [-0.39, 0.29) is 17.5 Å². The van der Waals surface area contributed by atoms with E-state index in [1.165, 1.54) is 13.0 Å². The Balaban J connectivity index is 2.34. The summed E-state index contributed by atoms with van der Waals surface area (Å²) < 4.78 is 39.7. The largest absolute Gasteiger partial charge is 0.325 e. The highest BCUT2D eigenvalue weighted by molar-refractivity contribution is 5.30. The van der Waals surface area contributed by atoms with E-state index >= 15 is 0 Å². The van der Waals surface area contributed by atoms with Gasteiger partial charge >= 0.3 is 0 Å². The lowest BCUT2D eigenvalue weighted by molar-refractivity contribution is 0.370. The Kier molecular flexibility index (Phi) is 2.70. The maximum absolute atomic E-state index is 13.5. The molecule has 0 heterocycles. The molecule has 4 heteroatoms. The van der Waals surface area contributed by atoms with E-state index in [9.17, 15) is 13.2 Å². The number of halogens is 3. The minimum absolute atomic E-state index is 0.165. The van der Waals surface area contributed by atoms with Gasteiger partial charge in [-0.1, -0.05) is 0 Å². The van der Waals surface area contributed by atoms with Crippen LogP contribution in [0, 0.1) is 11.6 Å². The summed E-state index contributed by atoms with van der Waals surface area (Å²) in [6, 6.07) is 2.27. The van der Waals surface area contributed by atoms with Gasteiger partial charge in [0.25, 0.3) is 0 Å². The van der Waals surface area contributed by atoms with Crippen molar-refractivity contribution in [3.05, 3.63) is 34.9 Å². The molecular formula is C12H14F3N. The Morgan fingerprint density at radius 3 is 2.50 bits per heavy atom. The summed E-state index contributed by atoms with van der Waals surface area (Å²) in [5.74, 6) is -1.90. The average Bonchev–Trinajstić information content (AvgIpc) is 2.91. The molecule has 16 heavy (non-hydrogen) atoms. The highest BCUT2D eigenvalue weighted by Crippen LogP contribution is 2.37. The molecule has 0 spiro atoms. The number of benzene rings is 1. The predicted molar refractivity (Wildman–Crippen MR) is 55.7 cm³/mol. The molecule has 0 aromatic heterocycles. The molecule has 2 N–H and O–H groups in total. The van der Waals surface area contributed by atoms with Crippen LogP contribution < -0.4 is 5.73 Å². The zero-order chi connectivity index (χ0) is 11.9. The van der Waals surface area contributed by atoms with Crippen LogP contribution in [-0.2, 0) is 6.42 Å². The molecule has 1 aromatic carbocycles. The molecule has 88 valence electrons. The monoisotopic (exact) mass is 229 g/mol. The number of nitrogens with two attached hydrogens (primary N) is 1. The van der Waals surface area contributed by atoms with Crippen molar-refractivity contribution < 1.29 is 13.2 Å². The van der Waals surface area contributed by atoms with Gasteiger partial charge in [-0.25, -0.2) is 13.2 Å². The normalized spacial score (nSPS) is 19.6. The highest BCUT2D eigenvalue weighted by atomic mass is 19.2. The molecule has 1 atom stereocenters. The van der Waals surface area contributed by atoms with Crippen LogP contribution in [0.1, 0.15) is 37.1 Å². The van der Waals surface area contributed by atoms with Crippen LogP contribution >= 0.6 is 0 Å². The minimum atomic E-state index is -1.30. The van der Waals surface area contributed by atoms with Crippen LogP contribution in [0.5, 0.6) is 0 Å². The third-order valence-electron chi connectivity index (χ3n) is 3.02. The molecule has 1 aliphatic rings. The number of alkyl halides is 1. The van der Waals surface area contributed by atoms with Crippen LogP contribution in [-0.4, -0.2) is 5.54 Å². The van der Waals surface area contributed by atoms with E-state index in [1.54, 1.807) is 0 Å². The molecule has 0 saturated heterocycles. The third kappa shape index (κ3) is 2.21. The Morgan fingerprint density at radius 2 is 2.00 bits per heavy atom. The van der Waals surface area contributed by atoms with Gasteiger partial charge in [-0.2, -0.15) is 0 Å². The SMILES string of the molecule is CC(F)c1cc(F)c(F)c(CC2(N)CC2)c1. The molecule has 1 saturated carbocycles. The summed E-state index contributed by atoms with van der Waals surface area (Å²) in [6.45, 7) is 1.30. The summed E-state index contributed by atoms with van der Waals surface area (Å²) in [7, 11) is 0. The Morgan fingerprint density at radius 1 is 1.38 bits per heavy atom. The second-order valence-electron chi connectivity index (χ2n) is 4.63. The Labute approximate surface area is 92.5 Å². The van der Waals surface area contributed by atoms with E-state index in [0.717, 1.165) is 18.9 Å². The number of rotatable bonds is 3. The molecule has 1 unspecified atom stereocenters. The zero-order valence-electron chi connectivity index (χ0n) is 9.06. The first-order valence-corrected chi connectivity index (χ1v) is 5.32. The van der Waals surface area contributed by atoms with Gasteiger partial charge in [-0.3, -0.25) is 0 Å². The molecule has 1 aliphatic carbocycles. The van der Waals surface area contributed by atoms with Crippen LogP contribution in [0.2, 0.25) is 0 Å². The van der Waals surface area contributed by atoms with E-state index < -0.39 is 23.3 Å². The maximum Gasteiger partial charge on any atom is 0.162 e. The van der Waals surface area contributed by atoms with Gasteiger partial charge in [0.15, 0.2) is 11.6 Å². The van der Waals surface area contributed by atoms with Crippen molar-refractivity contribution in [1.29, 1.82) is 0 Å². The summed E-state index contributed by atoms with van der Waals surface area (Å²) in [6.07, 6.45) is 0.588. The maximum atomic E-state index is 13.5. The lowest BCUT2D eigenvalue weighted by atomic mass is 10.00. The van der Waals surface area contributed by atoms with Gasteiger partial charge in [0.05, 0.1) is 0 Å². The van der Waals surface area contributed by atoms with Crippen molar-refractivity contribution in [2.75, 3.05) is 0 Å². The van der Waals surface area contributed by atoms with Crippen molar-refractivity contribution in [3.63, 3.8) is 0 Å². The molecule has 1 aromatic rings.